The van der Waals surface area contributed by atoms with Crippen LogP contribution in [0.3, 0.4) is 0 Å². The zero-order valence-corrected chi connectivity index (χ0v) is 13.2. The monoisotopic (exact) mass is 299 g/mol. The number of thioether (sulfide) groups is 1. The van der Waals surface area contributed by atoms with Crippen LogP contribution in [-0.4, -0.2) is 11.0 Å². The number of rotatable bonds is 3. The van der Waals surface area contributed by atoms with Gasteiger partial charge in [-0.05, 0) is 55.9 Å². The lowest BCUT2D eigenvalue weighted by Crippen LogP contribution is -2.24. The van der Waals surface area contributed by atoms with Crippen molar-refractivity contribution in [3.05, 3.63) is 35.9 Å². The average Bonchev–Trinajstić information content (AvgIpc) is 3.16. The van der Waals surface area contributed by atoms with Gasteiger partial charge < -0.3 is 0 Å². The fourth-order valence-electron chi connectivity index (χ4n) is 4.40. The van der Waals surface area contributed by atoms with Crippen LogP contribution < -0.4 is 0 Å². The van der Waals surface area contributed by atoms with E-state index in [2.05, 4.69) is 4.99 Å². The average molecular weight is 299 g/mol. The van der Waals surface area contributed by atoms with Gasteiger partial charge in [-0.15, -0.1) is 0 Å². The minimum absolute atomic E-state index is 0.0249. The van der Waals surface area contributed by atoms with Crippen molar-refractivity contribution >= 4 is 22.7 Å². The first-order valence-electron chi connectivity index (χ1n) is 8.01. The van der Waals surface area contributed by atoms with Crippen LogP contribution in [0.2, 0.25) is 0 Å². The van der Waals surface area contributed by atoms with Gasteiger partial charge in [-0.25, -0.2) is 4.99 Å². The molecule has 0 saturated heterocycles. The van der Waals surface area contributed by atoms with Crippen molar-refractivity contribution in [1.82, 2.24) is 0 Å². The molecule has 21 heavy (non-hydrogen) atoms. The minimum Gasteiger partial charge on any atom is -0.271 e. The van der Waals surface area contributed by atoms with Gasteiger partial charge >= 0.3 is 0 Å². The molecule has 1 heterocycles. The molecule has 3 aliphatic rings. The fourth-order valence-corrected chi connectivity index (χ4v) is 5.68. The molecule has 3 heteroatoms. The van der Waals surface area contributed by atoms with E-state index < -0.39 is 4.75 Å². The van der Waals surface area contributed by atoms with E-state index >= 15 is 0 Å². The number of carbonyl (C=O) groups excluding carboxylic acids is 1. The number of carbonyl (C=O) groups is 1. The van der Waals surface area contributed by atoms with Crippen LogP contribution in [0.15, 0.2) is 35.3 Å². The van der Waals surface area contributed by atoms with Gasteiger partial charge in [0.2, 0.25) is 0 Å². The summed E-state index contributed by atoms with van der Waals surface area (Å²) in [4.78, 5) is 16.8. The molecule has 1 amide bonds. The number of benzene rings is 1. The maximum absolute atomic E-state index is 12.4. The number of hydrogen-bond acceptors (Lipinski definition) is 2. The SMILES string of the molecule is CC1(c2ccccc2)SC(C[C@H]2C[C@@H]3CC[C@H]2C3)=NC1=O. The van der Waals surface area contributed by atoms with Gasteiger partial charge in [-0.2, -0.15) is 0 Å². The quantitative estimate of drug-likeness (QED) is 0.828. The Bertz CT molecular complexity index is 596. The Hall–Kier alpha value is -1.09. The van der Waals surface area contributed by atoms with Crippen LogP contribution in [-0.2, 0) is 9.54 Å². The highest BCUT2D eigenvalue weighted by Crippen LogP contribution is 2.52. The molecule has 1 aromatic rings. The minimum atomic E-state index is -0.506. The molecule has 0 radical (unpaired) electrons. The summed E-state index contributed by atoms with van der Waals surface area (Å²) < 4.78 is -0.506. The van der Waals surface area contributed by atoms with E-state index in [4.69, 9.17) is 0 Å². The van der Waals surface area contributed by atoms with Crippen molar-refractivity contribution < 1.29 is 4.79 Å². The van der Waals surface area contributed by atoms with Crippen LogP contribution in [0.1, 0.15) is 44.6 Å². The first-order chi connectivity index (χ1) is 10.1. The number of amides is 1. The number of nitrogens with zero attached hydrogens (tertiary/aromatic N) is 1. The lowest BCUT2D eigenvalue weighted by molar-refractivity contribution is -0.119. The molecule has 2 nitrogen and oxygen atoms in total. The summed E-state index contributed by atoms with van der Waals surface area (Å²) in [6, 6.07) is 10.1. The lowest BCUT2D eigenvalue weighted by Gasteiger charge is -2.23. The van der Waals surface area contributed by atoms with E-state index in [0.717, 1.165) is 34.8 Å². The molecule has 0 N–H and O–H groups in total. The molecule has 0 spiro atoms. The van der Waals surface area contributed by atoms with Gasteiger partial charge in [0.15, 0.2) is 0 Å². The van der Waals surface area contributed by atoms with Crippen molar-refractivity contribution in [1.29, 1.82) is 0 Å². The molecule has 4 atom stereocenters. The fraction of sp³-hybridized carbons (Fsp3) is 0.556. The summed E-state index contributed by atoms with van der Waals surface area (Å²) in [6.07, 6.45) is 6.64. The number of aliphatic imine (C=N–C) groups is 1. The van der Waals surface area contributed by atoms with E-state index in [-0.39, 0.29) is 5.91 Å². The largest absolute Gasteiger partial charge is 0.271 e. The third kappa shape index (κ3) is 2.26. The molecule has 2 saturated carbocycles. The van der Waals surface area contributed by atoms with Crippen LogP contribution in [0.25, 0.3) is 0 Å². The number of fused-ring (bicyclic) bond motifs is 2. The van der Waals surface area contributed by atoms with Crippen molar-refractivity contribution in [3.63, 3.8) is 0 Å². The molecule has 2 fully saturated rings. The summed E-state index contributed by atoms with van der Waals surface area (Å²) in [5, 5.41) is 1.07. The first-order valence-corrected chi connectivity index (χ1v) is 8.83. The highest BCUT2D eigenvalue weighted by Gasteiger charge is 2.45. The molecule has 2 aliphatic carbocycles. The third-order valence-corrected chi connectivity index (χ3v) is 6.91. The smallest absolute Gasteiger partial charge is 0.267 e. The molecule has 1 aliphatic heterocycles. The van der Waals surface area contributed by atoms with Crippen LogP contribution in [0.4, 0.5) is 0 Å². The van der Waals surface area contributed by atoms with E-state index in [1.54, 1.807) is 11.8 Å². The first kappa shape index (κ1) is 13.6. The normalized spacial score (nSPS) is 38.0. The van der Waals surface area contributed by atoms with Gasteiger partial charge in [0.25, 0.3) is 5.91 Å². The second kappa shape index (κ2) is 4.98. The summed E-state index contributed by atoms with van der Waals surface area (Å²) in [7, 11) is 0. The number of hydrogen-bond donors (Lipinski definition) is 0. The third-order valence-electron chi connectivity index (χ3n) is 5.60. The Morgan fingerprint density at radius 1 is 1.24 bits per heavy atom. The van der Waals surface area contributed by atoms with Crippen LogP contribution in [0, 0.1) is 17.8 Å². The molecular formula is C18H21NOS. The zero-order valence-electron chi connectivity index (χ0n) is 12.4. The van der Waals surface area contributed by atoms with Crippen molar-refractivity contribution in [2.24, 2.45) is 22.7 Å². The van der Waals surface area contributed by atoms with Gasteiger partial charge in [0.1, 0.15) is 4.75 Å². The lowest BCUT2D eigenvalue weighted by atomic mass is 9.87. The molecule has 2 bridgehead atoms. The second-order valence-corrected chi connectivity index (χ2v) is 8.44. The zero-order chi connectivity index (χ0) is 14.4. The second-order valence-electron chi connectivity index (χ2n) is 6.95. The van der Waals surface area contributed by atoms with E-state index in [1.165, 1.54) is 25.7 Å². The Morgan fingerprint density at radius 3 is 2.71 bits per heavy atom. The highest BCUT2D eigenvalue weighted by molar-refractivity contribution is 8.15. The van der Waals surface area contributed by atoms with Gasteiger partial charge in [-0.3, -0.25) is 4.79 Å². The van der Waals surface area contributed by atoms with Gasteiger partial charge in [0.05, 0.1) is 5.04 Å². The highest BCUT2D eigenvalue weighted by atomic mass is 32.2. The van der Waals surface area contributed by atoms with Gasteiger partial charge in [-0.1, -0.05) is 48.5 Å². The Kier molecular flexibility index (Phi) is 3.21. The van der Waals surface area contributed by atoms with E-state index in [1.807, 2.05) is 37.3 Å². The molecule has 110 valence electrons. The predicted octanol–water partition coefficient (Wildman–Crippen LogP) is 4.40. The van der Waals surface area contributed by atoms with Gasteiger partial charge in [0, 0.05) is 0 Å². The predicted molar refractivity (Wildman–Crippen MR) is 87.4 cm³/mol. The summed E-state index contributed by atoms with van der Waals surface area (Å²) in [5.41, 5.74) is 1.08. The maximum Gasteiger partial charge on any atom is 0.267 e. The van der Waals surface area contributed by atoms with Crippen molar-refractivity contribution in [3.8, 4) is 0 Å². The molecule has 1 unspecified atom stereocenters. The molecular weight excluding hydrogens is 278 g/mol. The Labute approximate surface area is 130 Å². The molecule has 1 aromatic carbocycles. The topological polar surface area (TPSA) is 29.4 Å². The molecule has 4 rings (SSSR count). The Balaban J connectivity index is 1.50. The standard InChI is InChI=1S/C18H21NOS/c1-18(15-5-3-2-4-6-15)17(20)19-16(21-18)11-14-10-12-7-8-13(14)9-12/h2-6,12-14H,7-11H2,1H3/t12-,13+,14-,18?/m1/s1. The summed E-state index contributed by atoms with van der Waals surface area (Å²) >= 11 is 1.69. The van der Waals surface area contributed by atoms with E-state index in [0.29, 0.717) is 0 Å². The summed E-state index contributed by atoms with van der Waals surface area (Å²) in [5.74, 6) is 2.66. The Morgan fingerprint density at radius 2 is 2.05 bits per heavy atom. The summed E-state index contributed by atoms with van der Waals surface area (Å²) in [6.45, 7) is 2.02. The maximum atomic E-state index is 12.4. The van der Waals surface area contributed by atoms with E-state index in [9.17, 15) is 4.79 Å². The van der Waals surface area contributed by atoms with Crippen LogP contribution >= 0.6 is 11.8 Å². The van der Waals surface area contributed by atoms with Crippen molar-refractivity contribution in [2.45, 2.75) is 43.8 Å². The van der Waals surface area contributed by atoms with Crippen LogP contribution in [0.5, 0.6) is 0 Å². The molecule has 0 aromatic heterocycles. The van der Waals surface area contributed by atoms with Crippen molar-refractivity contribution in [2.75, 3.05) is 0 Å².